The minimum atomic E-state index is -3.73. The molecule has 0 aromatic heterocycles. The number of carboxylic acids is 1. The lowest BCUT2D eigenvalue weighted by molar-refractivity contribution is -0.132. The van der Waals surface area contributed by atoms with Crippen LogP contribution in [0, 0.1) is 11.8 Å². The molecule has 8 heteroatoms. The maximum atomic E-state index is 12.8. The average Bonchev–Trinajstić information content (AvgIpc) is 2.72. The molecule has 0 amide bonds. The van der Waals surface area contributed by atoms with Crippen molar-refractivity contribution in [1.29, 1.82) is 0 Å². The highest BCUT2D eigenvalue weighted by Gasteiger charge is 2.27. The minimum absolute atomic E-state index is 0.0165. The first kappa shape index (κ1) is 24.7. The number of carbonyl (C=O) groups is 1. The summed E-state index contributed by atoms with van der Waals surface area (Å²) in [5.41, 5.74) is 2.25. The largest absolute Gasteiger partial charge is 0.478 e. The second kappa shape index (κ2) is 10.8. The van der Waals surface area contributed by atoms with Gasteiger partial charge in [-0.2, -0.15) is 0 Å². The van der Waals surface area contributed by atoms with Gasteiger partial charge in [0.2, 0.25) is 10.0 Å². The molecular weight excluding hydrogens is 466 g/mol. The molecule has 1 aromatic rings. The molecule has 2 N–H and O–H groups in total. The van der Waals surface area contributed by atoms with E-state index in [1.54, 1.807) is 30.0 Å². The third kappa shape index (κ3) is 6.77. The molecule has 1 aromatic carbocycles. The van der Waals surface area contributed by atoms with Crippen LogP contribution in [0.25, 0.3) is 0 Å². The van der Waals surface area contributed by atoms with Crippen molar-refractivity contribution in [2.24, 2.45) is 11.8 Å². The topological polar surface area (TPSA) is 83.5 Å². The SMILES string of the molecule is CC1CC(CS(=O)(=O)NC2=C(C(=O)O)C=C(SCCc3ccccc3)C(C)C2)=CC=C1Cl. The van der Waals surface area contributed by atoms with Crippen LogP contribution in [-0.2, 0) is 21.2 Å². The Morgan fingerprint density at radius 3 is 2.53 bits per heavy atom. The molecule has 0 heterocycles. The lowest BCUT2D eigenvalue weighted by Gasteiger charge is -2.25. The van der Waals surface area contributed by atoms with Crippen LogP contribution >= 0.6 is 23.4 Å². The van der Waals surface area contributed by atoms with Crippen molar-refractivity contribution in [3.05, 3.63) is 80.9 Å². The van der Waals surface area contributed by atoms with Gasteiger partial charge in [-0.05, 0) is 53.7 Å². The molecule has 0 spiro atoms. The van der Waals surface area contributed by atoms with Crippen LogP contribution in [-0.4, -0.2) is 31.0 Å². The predicted molar refractivity (Wildman–Crippen MR) is 132 cm³/mol. The summed E-state index contributed by atoms with van der Waals surface area (Å²) in [5, 5.41) is 10.4. The van der Waals surface area contributed by atoms with Crippen LogP contribution in [0.5, 0.6) is 0 Å². The van der Waals surface area contributed by atoms with Crippen LogP contribution in [0.4, 0.5) is 0 Å². The molecule has 172 valence electrons. The molecule has 0 bridgehead atoms. The van der Waals surface area contributed by atoms with E-state index >= 15 is 0 Å². The van der Waals surface area contributed by atoms with Crippen LogP contribution in [0.1, 0.15) is 32.3 Å². The van der Waals surface area contributed by atoms with Gasteiger partial charge in [-0.25, -0.2) is 13.2 Å². The number of nitrogens with one attached hydrogen (secondary N) is 1. The molecule has 2 aliphatic rings. The van der Waals surface area contributed by atoms with Crippen LogP contribution < -0.4 is 4.72 Å². The second-order valence-corrected chi connectivity index (χ2v) is 11.6. The van der Waals surface area contributed by atoms with E-state index in [1.807, 2.05) is 32.0 Å². The standard InChI is InChI=1S/C24H28ClNO4S2/c1-16-12-19(8-9-21(16)25)15-32(29,30)26-22-13-17(2)23(14-20(22)24(27)28)31-11-10-18-6-4-3-5-7-18/h3-9,14,16-17,26H,10-13,15H2,1-2H3,(H,27,28). The lowest BCUT2D eigenvalue weighted by atomic mass is 9.95. The van der Waals surface area contributed by atoms with E-state index in [1.165, 1.54) is 5.56 Å². The molecule has 3 rings (SSSR count). The van der Waals surface area contributed by atoms with E-state index in [2.05, 4.69) is 16.9 Å². The fourth-order valence-corrected chi connectivity index (χ4v) is 6.41. The van der Waals surface area contributed by atoms with Gasteiger partial charge in [0.1, 0.15) is 0 Å². The van der Waals surface area contributed by atoms with Gasteiger partial charge in [0, 0.05) is 16.5 Å². The maximum absolute atomic E-state index is 12.8. The van der Waals surface area contributed by atoms with Crippen LogP contribution in [0.2, 0.25) is 0 Å². The summed E-state index contributed by atoms with van der Waals surface area (Å²) in [6.07, 6.45) is 6.87. The number of allylic oxidation sites excluding steroid dienone is 5. The molecule has 5 nitrogen and oxygen atoms in total. The quantitative estimate of drug-likeness (QED) is 0.492. The van der Waals surface area contributed by atoms with Gasteiger partial charge in [-0.15, -0.1) is 11.8 Å². The number of rotatable bonds is 9. The summed E-state index contributed by atoms with van der Waals surface area (Å²) < 4.78 is 28.1. The zero-order valence-electron chi connectivity index (χ0n) is 18.2. The molecule has 2 aliphatic carbocycles. The Morgan fingerprint density at radius 2 is 1.88 bits per heavy atom. The Morgan fingerprint density at radius 1 is 1.16 bits per heavy atom. The van der Waals surface area contributed by atoms with Gasteiger partial charge in [0.05, 0.1) is 11.3 Å². The van der Waals surface area contributed by atoms with Gasteiger partial charge < -0.3 is 5.11 Å². The third-order valence-corrected chi connectivity index (χ3v) is 8.58. The Bertz CT molecular complexity index is 1090. The molecule has 0 saturated carbocycles. The van der Waals surface area contributed by atoms with E-state index in [-0.39, 0.29) is 28.9 Å². The van der Waals surface area contributed by atoms with Gasteiger partial charge in [0.15, 0.2) is 0 Å². The summed E-state index contributed by atoms with van der Waals surface area (Å²) in [6.45, 7) is 3.94. The van der Waals surface area contributed by atoms with E-state index in [4.69, 9.17) is 11.6 Å². The van der Waals surface area contributed by atoms with E-state index in [0.717, 1.165) is 22.7 Å². The minimum Gasteiger partial charge on any atom is -0.478 e. The zero-order chi connectivity index (χ0) is 23.3. The van der Waals surface area contributed by atoms with Gasteiger partial charge >= 0.3 is 5.97 Å². The first-order valence-corrected chi connectivity index (χ1v) is 13.6. The summed E-state index contributed by atoms with van der Waals surface area (Å²) in [6, 6.07) is 10.1. The van der Waals surface area contributed by atoms with Gasteiger partial charge in [-0.3, -0.25) is 4.72 Å². The summed E-state index contributed by atoms with van der Waals surface area (Å²) in [4.78, 5) is 12.8. The average molecular weight is 494 g/mol. The number of thioether (sulfide) groups is 1. The van der Waals surface area contributed by atoms with Crippen molar-refractivity contribution >= 4 is 39.4 Å². The number of aryl methyl sites for hydroxylation is 1. The first-order valence-electron chi connectivity index (χ1n) is 10.5. The molecule has 0 saturated heterocycles. The van der Waals surface area contributed by atoms with Gasteiger partial charge in [0.25, 0.3) is 0 Å². The molecule has 0 aliphatic heterocycles. The van der Waals surface area contributed by atoms with E-state index in [0.29, 0.717) is 17.9 Å². The fourth-order valence-electron chi connectivity index (χ4n) is 3.79. The first-order chi connectivity index (χ1) is 15.1. The number of hydrogen-bond donors (Lipinski definition) is 2. The summed E-state index contributed by atoms with van der Waals surface area (Å²) >= 11 is 7.71. The summed E-state index contributed by atoms with van der Waals surface area (Å²) in [7, 11) is -3.73. The van der Waals surface area contributed by atoms with Crippen molar-refractivity contribution in [1.82, 2.24) is 4.72 Å². The van der Waals surface area contributed by atoms with Crippen molar-refractivity contribution in [2.45, 2.75) is 33.1 Å². The Kier molecular flexibility index (Phi) is 8.31. The van der Waals surface area contributed by atoms with Crippen LogP contribution in [0.3, 0.4) is 0 Å². The normalized spacial score (nSPS) is 21.5. The molecule has 2 unspecified atom stereocenters. The lowest BCUT2D eigenvalue weighted by Crippen LogP contribution is -2.31. The van der Waals surface area contributed by atoms with E-state index in [9.17, 15) is 18.3 Å². The Hall–Kier alpha value is -1.96. The predicted octanol–water partition coefficient (Wildman–Crippen LogP) is 5.23. The summed E-state index contributed by atoms with van der Waals surface area (Å²) in [5.74, 6) is -0.362. The number of hydrogen-bond acceptors (Lipinski definition) is 4. The van der Waals surface area contributed by atoms with Crippen molar-refractivity contribution in [3.63, 3.8) is 0 Å². The molecule has 0 radical (unpaired) electrons. The van der Waals surface area contributed by atoms with E-state index < -0.39 is 16.0 Å². The molecule has 0 fully saturated rings. The monoisotopic (exact) mass is 493 g/mol. The van der Waals surface area contributed by atoms with Gasteiger partial charge in [-0.1, -0.05) is 67.4 Å². The molecular formula is C24H28ClNO4S2. The maximum Gasteiger partial charge on any atom is 0.337 e. The Balaban J connectivity index is 1.71. The Labute approximate surface area is 199 Å². The molecule has 2 atom stereocenters. The number of benzene rings is 1. The smallest absolute Gasteiger partial charge is 0.337 e. The number of aliphatic carboxylic acids is 1. The zero-order valence-corrected chi connectivity index (χ0v) is 20.6. The highest BCUT2D eigenvalue weighted by atomic mass is 35.5. The highest BCUT2D eigenvalue weighted by molar-refractivity contribution is 8.03. The fraction of sp³-hybridized carbons (Fsp3) is 0.375. The highest BCUT2D eigenvalue weighted by Crippen LogP contribution is 2.36. The second-order valence-electron chi connectivity index (χ2n) is 8.28. The third-order valence-electron chi connectivity index (χ3n) is 5.51. The number of carboxylic acid groups (broad SMARTS) is 1. The number of halogens is 1. The number of sulfonamides is 1. The van der Waals surface area contributed by atoms with Crippen LogP contribution in [0.15, 0.2) is 75.3 Å². The van der Waals surface area contributed by atoms with Crippen molar-refractivity contribution < 1.29 is 18.3 Å². The molecule has 32 heavy (non-hydrogen) atoms. The van der Waals surface area contributed by atoms with Crippen molar-refractivity contribution in [3.8, 4) is 0 Å². The van der Waals surface area contributed by atoms with Crippen molar-refractivity contribution in [2.75, 3.05) is 11.5 Å².